The number of aryl methyl sites for hydroxylation is 1. The van der Waals surface area contributed by atoms with Gasteiger partial charge in [-0.1, -0.05) is 5.16 Å². The van der Waals surface area contributed by atoms with E-state index in [0.717, 1.165) is 0 Å². The van der Waals surface area contributed by atoms with Crippen LogP contribution in [0.5, 0.6) is 11.5 Å². The number of halogens is 1. The molecule has 0 saturated carbocycles. The fourth-order valence-electron chi connectivity index (χ4n) is 1.61. The molecule has 0 bridgehead atoms. The van der Waals surface area contributed by atoms with Crippen molar-refractivity contribution in [1.82, 2.24) is 5.16 Å². The summed E-state index contributed by atoms with van der Waals surface area (Å²) in [6.07, 6.45) is 0. The summed E-state index contributed by atoms with van der Waals surface area (Å²) in [7, 11) is 1.35. The standard InChI is InChI=1S/C11H11FN2O3/c1-5-3-6(7-4-8(13)14-17-7)9(12)10(15)11(5)16-2/h3-4,15H,1-2H3,(H2,13,14). The minimum atomic E-state index is -0.830. The summed E-state index contributed by atoms with van der Waals surface area (Å²) in [4.78, 5) is 0. The Balaban J connectivity index is 2.64. The number of aromatic nitrogens is 1. The first-order valence-corrected chi connectivity index (χ1v) is 4.83. The van der Waals surface area contributed by atoms with Gasteiger partial charge < -0.3 is 20.1 Å². The van der Waals surface area contributed by atoms with Gasteiger partial charge in [0.2, 0.25) is 0 Å². The highest BCUT2D eigenvalue weighted by molar-refractivity contribution is 5.67. The van der Waals surface area contributed by atoms with Crippen LogP contribution in [0.15, 0.2) is 16.7 Å². The smallest absolute Gasteiger partial charge is 0.195 e. The molecule has 6 heteroatoms. The Bertz CT molecular complexity index is 566. The van der Waals surface area contributed by atoms with E-state index in [0.29, 0.717) is 5.56 Å². The molecule has 0 amide bonds. The van der Waals surface area contributed by atoms with Gasteiger partial charge in [-0.25, -0.2) is 4.39 Å². The molecule has 0 radical (unpaired) electrons. The van der Waals surface area contributed by atoms with Crippen molar-refractivity contribution in [2.75, 3.05) is 12.8 Å². The molecule has 1 aromatic carbocycles. The van der Waals surface area contributed by atoms with E-state index in [2.05, 4.69) is 5.16 Å². The number of hydrogen-bond acceptors (Lipinski definition) is 5. The minimum Gasteiger partial charge on any atom is -0.502 e. The molecule has 0 aliphatic heterocycles. The molecule has 0 atom stereocenters. The zero-order valence-corrected chi connectivity index (χ0v) is 9.32. The van der Waals surface area contributed by atoms with E-state index in [9.17, 15) is 9.50 Å². The molecule has 5 nitrogen and oxygen atoms in total. The van der Waals surface area contributed by atoms with Crippen LogP contribution < -0.4 is 10.5 Å². The van der Waals surface area contributed by atoms with Crippen molar-refractivity contribution >= 4 is 5.82 Å². The van der Waals surface area contributed by atoms with Gasteiger partial charge in [0.1, 0.15) is 0 Å². The van der Waals surface area contributed by atoms with Crippen molar-refractivity contribution in [2.45, 2.75) is 6.92 Å². The summed E-state index contributed by atoms with van der Waals surface area (Å²) >= 11 is 0. The van der Waals surface area contributed by atoms with Crippen LogP contribution in [0.4, 0.5) is 10.2 Å². The van der Waals surface area contributed by atoms with Gasteiger partial charge in [-0.3, -0.25) is 0 Å². The maximum Gasteiger partial charge on any atom is 0.195 e. The average molecular weight is 238 g/mol. The summed E-state index contributed by atoms with van der Waals surface area (Å²) < 4.78 is 23.6. The lowest BCUT2D eigenvalue weighted by atomic mass is 10.1. The summed E-state index contributed by atoms with van der Waals surface area (Å²) in [6.45, 7) is 1.68. The lowest BCUT2D eigenvalue weighted by molar-refractivity contribution is 0.354. The second kappa shape index (κ2) is 3.97. The molecule has 2 aromatic rings. The van der Waals surface area contributed by atoms with Gasteiger partial charge in [0, 0.05) is 6.07 Å². The summed E-state index contributed by atoms with van der Waals surface area (Å²) in [5.74, 6) is -0.992. The van der Waals surface area contributed by atoms with Gasteiger partial charge in [0.05, 0.1) is 12.7 Å². The number of nitrogens with zero attached hydrogens (tertiary/aromatic N) is 1. The summed E-state index contributed by atoms with van der Waals surface area (Å²) in [5, 5.41) is 13.1. The van der Waals surface area contributed by atoms with Gasteiger partial charge in [0.15, 0.2) is 28.9 Å². The number of hydrogen-bond donors (Lipinski definition) is 2. The predicted octanol–water partition coefficient (Wildman–Crippen LogP) is 2.09. The molecular weight excluding hydrogens is 227 g/mol. The monoisotopic (exact) mass is 238 g/mol. The number of anilines is 1. The average Bonchev–Trinajstić information content (AvgIpc) is 2.71. The molecule has 90 valence electrons. The van der Waals surface area contributed by atoms with Gasteiger partial charge in [0.25, 0.3) is 0 Å². The molecule has 1 aromatic heterocycles. The summed E-state index contributed by atoms with van der Waals surface area (Å²) in [6, 6.07) is 2.87. The largest absolute Gasteiger partial charge is 0.502 e. The molecule has 0 aliphatic rings. The molecule has 0 aliphatic carbocycles. The molecule has 1 heterocycles. The number of phenolic OH excluding ortho intramolecular Hbond substituents is 1. The topological polar surface area (TPSA) is 81.5 Å². The Labute approximate surface area is 96.6 Å². The molecular formula is C11H11FN2O3. The Kier molecular flexibility index (Phi) is 2.63. The maximum absolute atomic E-state index is 13.9. The first-order chi connectivity index (χ1) is 8.04. The number of nitrogen functional groups attached to an aromatic ring is 1. The van der Waals surface area contributed by atoms with Gasteiger partial charge in [-0.05, 0) is 18.6 Å². The van der Waals surface area contributed by atoms with Gasteiger partial charge in [-0.2, -0.15) is 0 Å². The van der Waals surface area contributed by atoms with Crippen LogP contribution in [0.2, 0.25) is 0 Å². The van der Waals surface area contributed by atoms with E-state index in [-0.39, 0.29) is 22.9 Å². The number of ether oxygens (including phenoxy) is 1. The van der Waals surface area contributed by atoms with Crippen molar-refractivity contribution in [3.63, 3.8) is 0 Å². The SMILES string of the molecule is COc1c(C)cc(-c2cc(N)no2)c(F)c1O. The number of phenols is 1. The van der Waals surface area contributed by atoms with E-state index in [1.54, 1.807) is 6.92 Å². The number of benzene rings is 1. The predicted molar refractivity (Wildman–Crippen MR) is 59.3 cm³/mol. The van der Waals surface area contributed by atoms with Crippen molar-refractivity contribution in [2.24, 2.45) is 0 Å². The van der Waals surface area contributed by atoms with Crippen LogP contribution >= 0.6 is 0 Å². The number of aromatic hydroxyl groups is 1. The number of rotatable bonds is 2. The quantitative estimate of drug-likeness (QED) is 0.837. The van der Waals surface area contributed by atoms with E-state index in [1.165, 1.54) is 19.2 Å². The van der Waals surface area contributed by atoms with E-state index in [4.69, 9.17) is 15.0 Å². The van der Waals surface area contributed by atoms with E-state index < -0.39 is 11.6 Å². The molecule has 0 saturated heterocycles. The maximum atomic E-state index is 13.9. The lowest BCUT2D eigenvalue weighted by Crippen LogP contribution is -1.93. The second-order valence-corrected chi connectivity index (χ2v) is 3.55. The zero-order chi connectivity index (χ0) is 12.6. The van der Waals surface area contributed by atoms with Crippen LogP contribution in [0.1, 0.15) is 5.56 Å². The third-order valence-electron chi connectivity index (χ3n) is 2.38. The minimum absolute atomic E-state index is 0.0880. The van der Waals surface area contributed by atoms with Crippen molar-refractivity contribution in [1.29, 1.82) is 0 Å². The second-order valence-electron chi connectivity index (χ2n) is 3.55. The third kappa shape index (κ3) is 1.77. The van der Waals surface area contributed by atoms with Crippen LogP contribution in [0, 0.1) is 12.7 Å². The van der Waals surface area contributed by atoms with Crippen molar-refractivity contribution in [3.8, 4) is 22.8 Å². The molecule has 0 fully saturated rings. The molecule has 17 heavy (non-hydrogen) atoms. The normalized spacial score (nSPS) is 10.5. The fraction of sp³-hybridized carbons (Fsp3) is 0.182. The van der Waals surface area contributed by atoms with Crippen LogP contribution in [0.3, 0.4) is 0 Å². The highest BCUT2D eigenvalue weighted by Gasteiger charge is 2.19. The zero-order valence-electron chi connectivity index (χ0n) is 9.32. The first-order valence-electron chi connectivity index (χ1n) is 4.83. The van der Waals surface area contributed by atoms with Crippen molar-refractivity contribution < 1.29 is 18.8 Å². The van der Waals surface area contributed by atoms with Crippen LogP contribution in [-0.2, 0) is 0 Å². The lowest BCUT2D eigenvalue weighted by Gasteiger charge is -2.10. The van der Waals surface area contributed by atoms with E-state index >= 15 is 0 Å². The fourth-order valence-corrected chi connectivity index (χ4v) is 1.61. The first kappa shape index (κ1) is 11.3. The van der Waals surface area contributed by atoms with Gasteiger partial charge >= 0.3 is 0 Å². The molecule has 0 unspecified atom stereocenters. The number of nitrogens with two attached hydrogens (primary N) is 1. The van der Waals surface area contributed by atoms with Crippen molar-refractivity contribution in [3.05, 3.63) is 23.5 Å². The van der Waals surface area contributed by atoms with Crippen LogP contribution in [-0.4, -0.2) is 17.4 Å². The van der Waals surface area contributed by atoms with Crippen LogP contribution in [0.25, 0.3) is 11.3 Å². The third-order valence-corrected chi connectivity index (χ3v) is 2.38. The number of methoxy groups -OCH3 is 1. The molecule has 0 spiro atoms. The summed E-state index contributed by atoms with van der Waals surface area (Å²) in [5.41, 5.74) is 6.05. The molecule has 3 N–H and O–H groups in total. The Morgan fingerprint density at radius 2 is 2.18 bits per heavy atom. The van der Waals surface area contributed by atoms with E-state index in [1.807, 2.05) is 0 Å². The Morgan fingerprint density at radius 3 is 2.71 bits per heavy atom. The Hall–Kier alpha value is -2.24. The highest BCUT2D eigenvalue weighted by atomic mass is 19.1. The Morgan fingerprint density at radius 1 is 1.47 bits per heavy atom. The molecule has 2 rings (SSSR count). The highest BCUT2D eigenvalue weighted by Crippen LogP contribution is 2.38. The van der Waals surface area contributed by atoms with Gasteiger partial charge in [-0.15, -0.1) is 0 Å².